The van der Waals surface area contributed by atoms with E-state index in [0.29, 0.717) is 12.2 Å². The van der Waals surface area contributed by atoms with Crippen molar-refractivity contribution in [3.05, 3.63) is 71.0 Å². The lowest BCUT2D eigenvalue weighted by molar-refractivity contribution is 0.0338. The highest BCUT2D eigenvalue weighted by atomic mass is 19.1. The Kier molecular flexibility index (Phi) is 5.48. The van der Waals surface area contributed by atoms with E-state index in [1.54, 1.807) is 6.07 Å². The molecular formula is C18H22FNO. The van der Waals surface area contributed by atoms with Crippen LogP contribution < -0.4 is 5.32 Å². The Morgan fingerprint density at radius 3 is 2.48 bits per heavy atom. The quantitative estimate of drug-likeness (QED) is 0.861. The van der Waals surface area contributed by atoms with E-state index in [9.17, 15) is 4.39 Å². The van der Waals surface area contributed by atoms with Gasteiger partial charge in [-0.1, -0.05) is 48.0 Å². The maximum Gasteiger partial charge on any atom is 0.128 e. The predicted molar refractivity (Wildman–Crippen MR) is 83.7 cm³/mol. The summed E-state index contributed by atoms with van der Waals surface area (Å²) >= 11 is 0. The van der Waals surface area contributed by atoms with Crippen molar-refractivity contribution in [2.24, 2.45) is 0 Å². The lowest BCUT2D eigenvalue weighted by Crippen LogP contribution is -2.27. The predicted octanol–water partition coefficient (Wildman–Crippen LogP) is 4.17. The molecule has 2 nitrogen and oxygen atoms in total. The van der Waals surface area contributed by atoms with Crippen LogP contribution in [0.2, 0.25) is 0 Å². The molecule has 0 heterocycles. The molecular weight excluding hydrogens is 265 g/mol. The summed E-state index contributed by atoms with van der Waals surface area (Å²) in [5.41, 5.74) is 2.72. The molecule has 2 rings (SSSR count). The number of aryl methyl sites for hydroxylation is 1. The molecule has 0 saturated heterocycles. The first-order valence-electron chi connectivity index (χ1n) is 7.27. The summed E-state index contributed by atoms with van der Waals surface area (Å²) in [5.74, 6) is -0.208. The van der Waals surface area contributed by atoms with Crippen LogP contribution >= 0.6 is 0 Å². The van der Waals surface area contributed by atoms with Gasteiger partial charge in [-0.05, 0) is 32.5 Å². The Labute approximate surface area is 126 Å². The number of halogens is 1. The van der Waals surface area contributed by atoms with Crippen LogP contribution in [0.25, 0.3) is 0 Å². The summed E-state index contributed by atoms with van der Waals surface area (Å²) in [6, 6.07) is 14.9. The maximum absolute atomic E-state index is 14.2. The largest absolute Gasteiger partial charge is 0.372 e. The van der Waals surface area contributed by atoms with Crippen LogP contribution in [0.3, 0.4) is 0 Å². The summed E-state index contributed by atoms with van der Waals surface area (Å²) < 4.78 is 20.1. The Balaban J connectivity index is 2.43. The second-order valence-electron chi connectivity index (χ2n) is 5.08. The van der Waals surface area contributed by atoms with Crippen LogP contribution in [0.5, 0.6) is 0 Å². The van der Waals surface area contributed by atoms with E-state index in [1.807, 2.05) is 57.3 Å². The Bertz CT molecular complexity index is 571. The number of likely N-dealkylation sites (N-methyl/N-ethyl adjacent to an activating group) is 1. The summed E-state index contributed by atoms with van der Waals surface area (Å²) in [5, 5.41) is 3.20. The van der Waals surface area contributed by atoms with Gasteiger partial charge in [0.1, 0.15) is 11.9 Å². The SMILES string of the molecule is CCOC(c1ccccc1)C(NC)c1cc(C)ccc1F. The zero-order chi connectivity index (χ0) is 15.2. The van der Waals surface area contributed by atoms with Crippen molar-refractivity contribution in [3.63, 3.8) is 0 Å². The average molecular weight is 287 g/mol. The smallest absolute Gasteiger partial charge is 0.128 e. The van der Waals surface area contributed by atoms with Crippen LogP contribution in [0.4, 0.5) is 4.39 Å². The van der Waals surface area contributed by atoms with E-state index in [2.05, 4.69) is 5.32 Å². The topological polar surface area (TPSA) is 21.3 Å². The van der Waals surface area contributed by atoms with Crippen molar-refractivity contribution in [1.82, 2.24) is 5.32 Å². The molecule has 2 aromatic rings. The van der Waals surface area contributed by atoms with Gasteiger partial charge in [-0.25, -0.2) is 4.39 Å². The number of rotatable bonds is 6. The molecule has 1 N–H and O–H groups in total. The molecule has 0 aromatic heterocycles. The molecule has 2 aromatic carbocycles. The van der Waals surface area contributed by atoms with Crippen LogP contribution in [0, 0.1) is 12.7 Å². The number of hydrogen-bond donors (Lipinski definition) is 1. The molecule has 0 aliphatic heterocycles. The monoisotopic (exact) mass is 287 g/mol. The van der Waals surface area contributed by atoms with Crippen molar-refractivity contribution in [3.8, 4) is 0 Å². The minimum absolute atomic E-state index is 0.208. The Hall–Kier alpha value is -1.71. The van der Waals surface area contributed by atoms with Gasteiger partial charge in [0.2, 0.25) is 0 Å². The van der Waals surface area contributed by atoms with E-state index in [1.165, 1.54) is 6.07 Å². The Morgan fingerprint density at radius 1 is 1.14 bits per heavy atom. The number of hydrogen-bond acceptors (Lipinski definition) is 2. The van der Waals surface area contributed by atoms with Crippen molar-refractivity contribution < 1.29 is 9.13 Å². The van der Waals surface area contributed by atoms with E-state index < -0.39 is 0 Å². The first-order valence-corrected chi connectivity index (χ1v) is 7.27. The zero-order valence-electron chi connectivity index (χ0n) is 12.8. The molecule has 2 unspecified atom stereocenters. The molecule has 0 saturated carbocycles. The fourth-order valence-corrected chi connectivity index (χ4v) is 2.58. The molecule has 0 amide bonds. The zero-order valence-corrected chi connectivity index (χ0v) is 12.8. The Morgan fingerprint density at radius 2 is 1.86 bits per heavy atom. The molecule has 21 heavy (non-hydrogen) atoms. The van der Waals surface area contributed by atoms with Gasteiger partial charge in [0, 0.05) is 12.2 Å². The van der Waals surface area contributed by atoms with E-state index in [-0.39, 0.29) is 18.0 Å². The van der Waals surface area contributed by atoms with Crippen LogP contribution in [-0.4, -0.2) is 13.7 Å². The van der Waals surface area contributed by atoms with Crippen molar-refractivity contribution >= 4 is 0 Å². The van der Waals surface area contributed by atoms with Gasteiger partial charge in [0.25, 0.3) is 0 Å². The van der Waals surface area contributed by atoms with Crippen LogP contribution in [0.1, 0.15) is 35.8 Å². The normalized spacial score (nSPS) is 13.9. The van der Waals surface area contributed by atoms with Gasteiger partial charge in [-0.3, -0.25) is 0 Å². The third-order valence-electron chi connectivity index (χ3n) is 3.57. The lowest BCUT2D eigenvalue weighted by atomic mass is 9.94. The molecule has 3 heteroatoms. The molecule has 0 radical (unpaired) electrons. The van der Waals surface area contributed by atoms with Crippen molar-refractivity contribution in [2.45, 2.75) is 26.0 Å². The van der Waals surface area contributed by atoms with Crippen LogP contribution in [-0.2, 0) is 4.74 Å². The summed E-state index contributed by atoms with van der Waals surface area (Å²) in [6.07, 6.45) is -0.225. The second-order valence-corrected chi connectivity index (χ2v) is 5.08. The molecule has 0 bridgehead atoms. The van der Waals surface area contributed by atoms with E-state index in [0.717, 1.165) is 11.1 Å². The molecule has 0 aliphatic rings. The number of ether oxygens (including phenoxy) is 1. The minimum atomic E-state index is -0.229. The van der Waals surface area contributed by atoms with Gasteiger partial charge in [0.15, 0.2) is 0 Å². The molecule has 0 aliphatic carbocycles. The molecule has 0 fully saturated rings. The fraction of sp³-hybridized carbons (Fsp3) is 0.333. The second kappa shape index (κ2) is 7.34. The maximum atomic E-state index is 14.2. The van der Waals surface area contributed by atoms with Crippen molar-refractivity contribution in [2.75, 3.05) is 13.7 Å². The van der Waals surface area contributed by atoms with Gasteiger partial charge >= 0.3 is 0 Å². The fourth-order valence-electron chi connectivity index (χ4n) is 2.58. The van der Waals surface area contributed by atoms with E-state index >= 15 is 0 Å². The minimum Gasteiger partial charge on any atom is -0.372 e. The first kappa shape index (κ1) is 15.7. The average Bonchev–Trinajstić information content (AvgIpc) is 2.51. The van der Waals surface area contributed by atoms with Gasteiger partial charge in [-0.15, -0.1) is 0 Å². The molecule has 2 atom stereocenters. The third kappa shape index (κ3) is 3.69. The summed E-state index contributed by atoms with van der Waals surface area (Å²) in [4.78, 5) is 0. The van der Waals surface area contributed by atoms with E-state index in [4.69, 9.17) is 4.74 Å². The molecule has 112 valence electrons. The van der Waals surface area contributed by atoms with Gasteiger partial charge < -0.3 is 10.1 Å². The third-order valence-corrected chi connectivity index (χ3v) is 3.57. The number of nitrogens with one attached hydrogen (secondary N) is 1. The standard InChI is InChI=1S/C18H22FNO/c1-4-21-18(14-8-6-5-7-9-14)17(20-3)15-12-13(2)10-11-16(15)19/h5-12,17-18,20H,4H2,1-3H3. The number of benzene rings is 2. The van der Waals surface area contributed by atoms with Gasteiger partial charge in [0.05, 0.1) is 6.04 Å². The van der Waals surface area contributed by atoms with Crippen LogP contribution in [0.15, 0.2) is 48.5 Å². The van der Waals surface area contributed by atoms with Crippen molar-refractivity contribution in [1.29, 1.82) is 0 Å². The summed E-state index contributed by atoms with van der Waals surface area (Å²) in [7, 11) is 1.83. The highest BCUT2D eigenvalue weighted by molar-refractivity contribution is 5.30. The van der Waals surface area contributed by atoms with Gasteiger partial charge in [-0.2, -0.15) is 0 Å². The first-order chi connectivity index (χ1) is 10.2. The molecule has 0 spiro atoms. The lowest BCUT2D eigenvalue weighted by Gasteiger charge is -2.28. The highest BCUT2D eigenvalue weighted by Crippen LogP contribution is 2.33. The summed E-state index contributed by atoms with van der Waals surface area (Å²) in [6.45, 7) is 4.49. The highest BCUT2D eigenvalue weighted by Gasteiger charge is 2.26.